The molecule has 2 N–H and O–H groups in total. The average Bonchev–Trinajstić information content (AvgIpc) is 2.51. The number of hydrogen-bond acceptors (Lipinski definition) is 4. The van der Waals surface area contributed by atoms with Gasteiger partial charge in [0.25, 0.3) is 0 Å². The van der Waals surface area contributed by atoms with Crippen LogP contribution in [0.1, 0.15) is 5.56 Å². The number of carbonyl (C=O) groups is 1. The van der Waals surface area contributed by atoms with E-state index < -0.39 is 9.84 Å². The van der Waals surface area contributed by atoms with Gasteiger partial charge in [0.15, 0.2) is 9.84 Å². The molecular weight excluding hydrogens is 371 g/mol. The summed E-state index contributed by atoms with van der Waals surface area (Å²) in [6.45, 7) is 0.196. The molecule has 0 saturated heterocycles. The lowest BCUT2D eigenvalue weighted by Crippen LogP contribution is -2.29. The normalized spacial score (nSPS) is 11.1. The first kappa shape index (κ1) is 18.6. The third-order valence-corrected chi connectivity index (χ3v) is 4.96. The van der Waals surface area contributed by atoms with Crippen molar-refractivity contribution in [3.63, 3.8) is 0 Å². The van der Waals surface area contributed by atoms with E-state index in [-0.39, 0.29) is 23.9 Å². The SMILES string of the molecule is CS(=O)(=O)c1ccccc1NCC(=O)NCc1ccc(Cl)cc1Cl. The third-order valence-electron chi connectivity index (χ3n) is 3.22. The molecule has 0 unspecified atom stereocenters. The molecular formula is C16H16Cl2N2O3S. The molecule has 128 valence electrons. The highest BCUT2D eigenvalue weighted by atomic mass is 35.5. The number of nitrogens with one attached hydrogen (secondary N) is 2. The smallest absolute Gasteiger partial charge is 0.239 e. The topological polar surface area (TPSA) is 75.3 Å². The number of amides is 1. The van der Waals surface area contributed by atoms with Gasteiger partial charge in [-0.1, -0.05) is 41.4 Å². The van der Waals surface area contributed by atoms with Crippen molar-refractivity contribution in [2.45, 2.75) is 11.4 Å². The molecule has 0 fully saturated rings. The first-order valence-electron chi connectivity index (χ1n) is 7.01. The van der Waals surface area contributed by atoms with Gasteiger partial charge in [0.05, 0.1) is 17.1 Å². The second-order valence-electron chi connectivity index (χ2n) is 5.13. The van der Waals surface area contributed by atoms with Crippen LogP contribution in [-0.4, -0.2) is 27.1 Å². The summed E-state index contributed by atoms with van der Waals surface area (Å²) in [5, 5.41) is 6.54. The Morgan fingerprint density at radius 2 is 1.83 bits per heavy atom. The molecule has 0 aromatic heterocycles. The van der Waals surface area contributed by atoms with Crippen molar-refractivity contribution in [3.05, 3.63) is 58.1 Å². The predicted octanol–water partition coefficient (Wildman–Crippen LogP) is 3.13. The van der Waals surface area contributed by atoms with Gasteiger partial charge in [0, 0.05) is 22.8 Å². The molecule has 8 heteroatoms. The Hall–Kier alpha value is -1.76. The maximum absolute atomic E-state index is 11.9. The lowest BCUT2D eigenvalue weighted by Gasteiger charge is -2.11. The van der Waals surface area contributed by atoms with Crippen molar-refractivity contribution < 1.29 is 13.2 Å². The summed E-state index contributed by atoms with van der Waals surface area (Å²) in [5.74, 6) is -0.288. The minimum Gasteiger partial charge on any atom is -0.375 e. The van der Waals surface area contributed by atoms with Gasteiger partial charge in [0.1, 0.15) is 0 Å². The Morgan fingerprint density at radius 3 is 2.50 bits per heavy atom. The van der Waals surface area contributed by atoms with Gasteiger partial charge in [-0.25, -0.2) is 8.42 Å². The van der Waals surface area contributed by atoms with E-state index in [9.17, 15) is 13.2 Å². The van der Waals surface area contributed by atoms with Crippen molar-refractivity contribution >= 4 is 44.6 Å². The fourth-order valence-corrected chi connectivity index (χ4v) is 3.37. The molecule has 2 aromatic rings. The van der Waals surface area contributed by atoms with E-state index in [4.69, 9.17) is 23.2 Å². The molecule has 0 spiro atoms. The number of carbonyl (C=O) groups excluding carboxylic acids is 1. The van der Waals surface area contributed by atoms with Gasteiger partial charge in [-0.2, -0.15) is 0 Å². The van der Waals surface area contributed by atoms with Crippen LogP contribution in [0.5, 0.6) is 0 Å². The molecule has 2 rings (SSSR count). The molecule has 0 heterocycles. The Kier molecular flexibility index (Phi) is 6.10. The fourth-order valence-electron chi connectivity index (χ4n) is 2.03. The van der Waals surface area contributed by atoms with E-state index >= 15 is 0 Å². The van der Waals surface area contributed by atoms with Gasteiger partial charge < -0.3 is 10.6 Å². The van der Waals surface area contributed by atoms with E-state index in [0.29, 0.717) is 15.7 Å². The van der Waals surface area contributed by atoms with Crippen molar-refractivity contribution in [2.75, 3.05) is 18.1 Å². The molecule has 0 aliphatic carbocycles. The van der Waals surface area contributed by atoms with Crippen LogP contribution in [0.3, 0.4) is 0 Å². The van der Waals surface area contributed by atoms with Crippen LogP contribution >= 0.6 is 23.2 Å². The van der Waals surface area contributed by atoms with Crippen LogP contribution in [0.2, 0.25) is 10.0 Å². The summed E-state index contributed by atoms with van der Waals surface area (Å²) in [4.78, 5) is 12.1. The zero-order valence-corrected chi connectivity index (χ0v) is 15.2. The molecule has 1 amide bonds. The monoisotopic (exact) mass is 386 g/mol. The van der Waals surface area contributed by atoms with Crippen molar-refractivity contribution in [3.8, 4) is 0 Å². The minimum atomic E-state index is -3.37. The molecule has 0 saturated carbocycles. The number of sulfone groups is 1. The van der Waals surface area contributed by atoms with E-state index in [0.717, 1.165) is 11.8 Å². The van der Waals surface area contributed by atoms with E-state index in [1.165, 1.54) is 6.07 Å². The van der Waals surface area contributed by atoms with Crippen LogP contribution in [0, 0.1) is 0 Å². The Morgan fingerprint density at radius 1 is 1.12 bits per heavy atom. The second kappa shape index (κ2) is 7.88. The Bertz CT molecular complexity index is 854. The fraction of sp³-hybridized carbons (Fsp3) is 0.188. The summed E-state index contributed by atoms with van der Waals surface area (Å²) in [6, 6.07) is 11.5. The van der Waals surface area contributed by atoms with E-state index in [1.807, 2.05) is 0 Å². The zero-order chi connectivity index (χ0) is 17.7. The first-order valence-corrected chi connectivity index (χ1v) is 9.65. The van der Waals surface area contributed by atoms with E-state index in [2.05, 4.69) is 10.6 Å². The largest absolute Gasteiger partial charge is 0.375 e. The summed E-state index contributed by atoms with van der Waals surface area (Å²) in [5.41, 5.74) is 1.13. The molecule has 0 radical (unpaired) electrons. The maximum Gasteiger partial charge on any atom is 0.239 e. The number of halogens is 2. The van der Waals surface area contributed by atoms with Crippen LogP contribution in [0.25, 0.3) is 0 Å². The van der Waals surface area contributed by atoms with Crippen molar-refractivity contribution in [1.82, 2.24) is 5.32 Å². The number of para-hydroxylation sites is 1. The van der Waals surface area contributed by atoms with Gasteiger partial charge in [-0.05, 0) is 29.8 Å². The molecule has 0 aliphatic heterocycles. The van der Waals surface area contributed by atoms with Gasteiger partial charge in [-0.15, -0.1) is 0 Å². The zero-order valence-electron chi connectivity index (χ0n) is 12.8. The lowest BCUT2D eigenvalue weighted by molar-refractivity contribution is -0.119. The van der Waals surface area contributed by atoms with Crippen molar-refractivity contribution in [1.29, 1.82) is 0 Å². The van der Waals surface area contributed by atoms with Crippen LogP contribution in [0.15, 0.2) is 47.4 Å². The average molecular weight is 387 g/mol. The van der Waals surface area contributed by atoms with E-state index in [1.54, 1.807) is 36.4 Å². The number of benzene rings is 2. The Labute approximate surface area is 150 Å². The quantitative estimate of drug-likeness (QED) is 0.799. The minimum absolute atomic E-state index is 0.0578. The molecule has 0 bridgehead atoms. The predicted molar refractivity (Wildman–Crippen MR) is 96.4 cm³/mol. The van der Waals surface area contributed by atoms with Crippen LogP contribution in [0.4, 0.5) is 5.69 Å². The van der Waals surface area contributed by atoms with Gasteiger partial charge in [0.2, 0.25) is 5.91 Å². The van der Waals surface area contributed by atoms with Crippen LogP contribution in [-0.2, 0) is 21.2 Å². The summed E-state index contributed by atoms with van der Waals surface area (Å²) in [7, 11) is -3.37. The molecule has 5 nitrogen and oxygen atoms in total. The Balaban J connectivity index is 1.95. The van der Waals surface area contributed by atoms with Crippen molar-refractivity contribution in [2.24, 2.45) is 0 Å². The maximum atomic E-state index is 11.9. The van der Waals surface area contributed by atoms with Gasteiger partial charge in [-0.3, -0.25) is 4.79 Å². The molecule has 2 aromatic carbocycles. The highest BCUT2D eigenvalue weighted by molar-refractivity contribution is 7.90. The lowest BCUT2D eigenvalue weighted by atomic mass is 10.2. The summed E-state index contributed by atoms with van der Waals surface area (Å²) >= 11 is 11.9. The number of anilines is 1. The molecule has 0 aliphatic rings. The second-order valence-corrected chi connectivity index (χ2v) is 7.96. The van der Waals surface area contributed by atoms with Gasteiger partial charge >= 0.3 is 0 Å². The molecule has 24 heavy (non-hydrogen) atoms. The highest BCUT2D eigenvalue weighted by Gasteiger charge is 2.13. The number of rotatable bonds is 6. The van der Waals surface area contributed by atoms with Crippen LogP contribution < -0.4 is 10.6 Å². The third kappa shape index (κ3) is 5.12. The first-order chi connectivity index (χ1) is 11.3. The highest BCUT2D eigenvalue weighted by Crippen LogP contribution is 2.21. The number of hydrogen-bond donors (Lipinski definition) is 2. The summed E-state index contributed by atoms with van der Waals surface area (Å²) in [6.07, 6.45) is 1.12. The summed E-state index contributed by atoms with van der Waals surface area (Å²) < 4.78 is 23.4. The molecule has 0 atom stereocenters. The standard InChI is InChI=1S/C16H16Cl2N2O3S/c1-24(22,23)15-5-3-2-4-14(15)19-10-16(21)20-9-11-6-7-12(17)8-13(11)18/h2-8,19H,9-10H2,1H3,(H,20,21).